The highest BCUT2D eigenvalue weighted by atomic mass is 16.3. The summed E-state index contributed by atoms with van der Waals surface area (Å²) in [7, 11) is 0. The van der Waals surface area contributed by atoms with E-state index in [9.17, 15) is 5.11 Å². The lowest BCUT2D eigenvalue weighted by molar-refractivity contribution is 0.229. The van der Waals surface area contributed by atoms with Gasteiger partial charge in [-0.15, -0.1) is 0 Å². The molecular weight excluding hydrogens is 268 g/mol. The van der Waals surface area contributed by atoms with E-state index in [2.05, 4.69) is 12.1 Å². The van der Waals surface area contributed by atoms with E-state index < -0.39 is 6.10 Å². The Morgan fingerprint density at radius 3 is 1.82 bits per heavy atom. The fourth-order valence-corrected chi connectivity index (χ4v) is 2.38. The van der Waals surface area contributed by atoms with Crippen LogP contribution in [0.15, 0.2) is 91.0 Å². The lowest BCUT2D eigenvalue weighted by atomic mass is 10.0. The van der Waals surface area contributed by atoms with Gasteiger partial charge in [0, 0.05) is 0 Å². The Kier molecular flexibility index (Phi) is 4.47. The summed E-state index contributed by atoms with van der Waals surface area (Å²) in [5, 5.41) is 10.3. The van der Waals surface area contributed by atoms with Crippen molar-refractivity contribution in [1.29, 1.82) is 0 Å². The minimum Gasteiger partial charge on any atom is -0.384 e. The highest BCUT2D eigenvalue weighted by Crippen LogP contribution is 2.22. The van der Waals surface area contributed by atoms with Gasteiger partial charge < -0.3 is 5.11 Å². The summed E-state index contributed by atoms with van der Waals surface area (Å²) in [6.07, 6.45) is 3.16. The number of benzene rings is 3. The highest BCUT2D eigenvalue weighted by Gasteiger charge is 2.04. The number of hydrogen-bond donors (Lipinski definition) is 1. The van der Waals surface area contributed by atoms with Crippen LogP contribution in [0.25, 0.3) is 17.2 Å². The molecule has 1 atom stereocenters. The molecule has 0 aliphatic carbocycles. The Labute approximate surface area is 131 Å². The van der Waals surface area contributed by atoms with Gasteiger partial charge in [0.05, 0.1) is 6.10 Å². The number of hydrogen-bond acceptors (Lipinski definition) is 1. The van der Waals surface area contributed by atoms with E-state index in [1.54, 1.807) is 0 Å². The molecule has 0 saturated heterocycles. The van der Waals surface area contributed by atoms with Crippen LogP contribution in [0.5, 0.6) is 0 Å². The summed E-state index contributed by atoms with van der Waals surface area (Å²) < 4.78 is 0. The van der Waals surface area contributed by atoms with Gasteiger partial charge in [-0.25, -0.2) is 0 Å². The predicted octanol–water partition coefficient (Wildman–Crippen LogP) is 5.10. The molecule has 1 N–H and O–H groups in total. The van der Waals surface area contributed by atoms with E-state index >= 15 is 0 Å². The molecule has 0 radical (unpaired) electrons. The topological polar surface area (TPSA) is 20.2 Å². The third-order valence-electron chi connectivity index (χ3n) is 3.63. The molecule has 0 amide bonds. The molecule has 0 aromatic heterocycles. The molecule has 3 aromatic rings. The number of aliphatic hydroxyl groups excluding tert-OH is 1. The van der Waals surface area contributed by atoms with Crippen LogP contribution in [0.2, 0.25) is 0 Å². The van der Waals surface area contributed by atoms with Crippen LogP contribution in [0, 0.1) is 0 Å². The number of rotatable bonds is 4. The van der Waals surface area contributed by atoms with Crippen molar-refractivity contribution < 1.29 is 5.11 Å². The minimum absolute atomic E-state index is 0.593. The predicted molar refractivity (Wildman–Crippen MR) is 92.3 cm³/mol. The van der Waals surface area contributed by atoms with Crippen LogP contribution in [0.1, 0.15) is 17.2 Å². The van der Waals surface area contributed by atoms with Crippen molar-refractivity contribution in [1.82, 2.24) is 0 Å². The van der Waals surface area contributed by atoms with Crippen LogP contribution in [-0.4, -0.2) is 5.11 Å². The van der Waals surface area contributed by atoms with Crippen molar-refractivity contribution in [2.45, 2.75) is 6.10 Å². The largest absolute Gasteiger partial charge is 0.384 e. The van der Waals surface area contributed by atoms with Crippen molar-refractivity contribution in [3.8, 4) is 11.1 Å². The van der Waals surface area contributed by atoms with Crippen molar-refractivity contribution in [3.63, 3.8) is 0 Å². The third kappa shape index (κ3) is 3.51. The SMILES string of the molecule is OC(/C=C/c1ccccc1)c1ccc(-c2ccccc2)cc1. The Hall–Kier alpha value is -2.64. The van der Waals surface area contributed by atoms with E-state index in [-0.39, 0.29) is 0 Å². The summed E-state index contributed by atoms with van der Waals surface area (Å²) in [5.41, 5.74) is 4.32. The lowest BCUT2D eigenvalue weighted by Crippen LogP contribution is -1.92. The molecule has 0 spiro atoms. The summed E-state index contributed by atoms with van der Waals surface area (Å²) in [6, 6.07) is 28.3. The van der Waals surface area contributed by atoms with Crippen molar-refractivity contribution >= 4 is 6.08 Å². The maximum atomic E-state index is 10.3. The first kappa shape index (κ1) is 14.3. The van der Waals surface area contributed by atoms with Gasteiger partial charge in [0.2, 0.25) is 0 Å². The molecule has 1 heteroatoms. The molecule has 1 nitrogen and oxygen atoms in total. The van der Waals surface area contributed by atoms with Gasteiger partial charge in [-0.05, 0) is 22.3 Å². The zero-order chi connectivity index (χ0) is 15.2. The second kappa shape index (κ2) is 6.88. The Balaban J connectivity index is 1.74. The summed E-state index contributed by atoms with van der Waals surface area (Å²) in [4.78, 5) is 0. The fraction of sp³-hybridized carbons (Fsp3) is 0.0476. The van der Waals surface area contributed by atoms with E-state index in [0.29, 0.717) is 0 Å². The molecule has 0 aliphatic rings. The van der Waals surface area contributed by atoms with Crippen LogP contribution in [0.3, 0.4) is 0 Å². The van der Waals surface area contributed by atoms with Crippen LogP contribution >= 0.6 is 0 Å². The van der Waals surface area contributed by atoms with E-state index in [1.807, 2.05) is 84.9 Å². The summed E-state index contributed by atoms with van der Waals surface area (Å²) in [6.45, 7) is 0. The number of aliphatic hydroxyl groups is 1. The van der Waals surface area contributed by atoms with Crippen molar-refractivity contribution in [3.05, 3.63) is 102 Å². The maximum absolute atomic E-state index is 10.3. The first-order valence-electron chi connectivity index (χ1n) is 7.39. The van der Waals surface area contributed by atoms with Crippen molar-refractivity contribution in [2.75, 3.05) is 0 Å². The zero-order valence-electron chi connectivity index (χ0n) is 12.3. The molecule has 0 saturated carbocycles. The van der Waals surface area contributed by atoms with Crippen LogP contribution < -0.4 is 0 Å². The molecule has 3 rings (SSSR count). The smallest absolute Gasteiger partial charge is 0.0975 e. The van der Waals surface area contributed by atoms with Crippen molar-refractivity contribution in [2.24, 2.45) is 0 Å². The normalized spacial score (nSPS) is 12.4. The zero-order valence-corrected chi connectivity index (χ0v) is 12.3. The first-order valence-corrected chi connectivity index (χ1v) is 7.39. The van der Waals surface area contributed by atoms with Gasteiger partial charge in [0.15, 0.2) is 0 Å². The van der Waals surface area contributed by atoms with Gasteiger partial charge in [-0.1, -0.05) is 97.1 Å². The van der Waals surface area contributed by atoms with Crippen LogP contribution in [-0.2, 0) is 0 Å². The second-order valence-electron chi connectivity index (χ2n) is 5.20. The summed E-state index contributed by atoms with van der Waals surface area (Å²) in [5.74, 6) is 0. The van der Waals surface area contributed by atoms with Gasteiger partial charge in [-0.3, -0.25) is 0 Å². The average molecular weight is 286 g/mol. The van der Waals surface area contributed by atoms with E-state index in [1.165, 1.54) is 5.56 Å². The highest BCUT2D eigenvalue weighted by molar-refractivity contribution is 5.63. The molecule has 108 valence electrons. The van der Waals surface area contributed by atoms with Crippen LogP contribution in [0.4, 0.5) is 0 Å². The van der Waals surface area contributed by atoms with E-state index in [0.717, 1.165) is 16.7 Å². The second-order valence-corrected chi connectivity index (χ2v) is 5.20. The van der Waals surface area contributed by atoms with E-state index in [4.69, 9.17) is 0 Å². The van der Waals surface area contributed by atoms with Gasteiger partial charge in [-0.2, -0.15) is 0 Å². The lowest BCUT2D eigenvalue weighted by Gasteiger charge is -2.08. The van der Waals surface area contributed by atoms with Gasteiger partial charge in [0.1, 0.15) is 0 Å². The molecule has 3 aromatic carbocycles. The molecule has 0 fully saturated rings. The minimum atomic E-state index is -0.593. The Morgan fingerprint density at radius 2 is 1.18 bits per heavy atom. The first-order chi connectivity index (χ1) is 10.8. The molecule has 0 aliphatic heterocycles. The monoisotopic (exact) mass is 286 g/mol. The molecule has 0 bridgehead atoms. The quantitative estimate of drug-likeness (QED) is 0.707. The van der Waals surface area contributed by atoms with Gasteiger partial charge >= 0.3 is 0 Å². The standard InChI is InChI=1S/C21H18O/c22-21(16-11-17-7-3-1-4-8-17)20-14-12-19(13-15-20)18-9-5-2-6-10-18/h1-16,21-22H/b16-11+. The third-order valence-corrected chi connectivity index (χ3v) is 3.63. The van der Waals surface area contributed by atoms with Gasteiger partial charge in [0.25, 0.3) is 0 Å². The average Bonchev–Trinajstić information content (AvgIpc) is 2.61. The molecule has 0 heterocycles. The Bertz CT molecular complexity index is 728. The Morgan fingerprint density at radius 1 is 0.636 bits per heavy atom. The molecule has 22 heavy (non-hydrogen) atoms. The maximum Gasteiger partial charge on any atom is 0.0975 e. The molecule has 1 unspecified atom stereocenters. The summed E-state index contributed by atoms with van der Waals surface area (Å²) >= 11 is 0. The fourth-order valence-electron chi connectivity index (χ4n) is 2.38. The molecular formula is C21H18O.